The van der Waals surface area contributed by atoms with Crippen LogP contribution in [0.4, 0.5) is 5.69 Å². The first kappa shape index (κ1) is 28.4. The Labute approximate surface area is 211 Å². The monoisotopic (exact) mass is 479 g/mol. The molecular weight excluding hydrogens is 438 g/mol. The Bertz CT molecular complexity index is 863. The Morgan fingerprint density at radius 1 is 0.714 bits per heavy atom. The third kappa shape index (κ3) is 11.4. The average molecular weight is 480 g/mol. The highest BCUT2D eigenvalue weighted by Gasteiger charge is 2.10. The van der Waals surface area contributed by atoms with Gasteiger partial charge in [0.1, 0.15) is 5.75 Å². The molecule has 0 bridgehead atoms. The van der Waals surface area contributed by atoms with Crippen molar-refractivity contribution in [3.63, 3.8) is 0 Å². The Morgan fingerprint density at radius 3 is 1.71 bits per heavy atom. The van der Waals surface area contributed by atoms with E-state index >= 15 is 0 Å². The fourth-order valence-corrected chi connectivity index (χ4v) is 3.96. The number of aromatic hydroxyl groups is 1. The van der Waals surface area contributed by atoms with E-state index in [0.29, 0.717) is 5.75 Å². The minimum Gasteiger partial charge on any atom is -0.508 e. The largest absolute Gasteiger partial charge is 0.508 e. The van der Waals surface area contributed by atoms with Gasteiger partial charge >= 0.3 is 0 Å². The molecule has 5 heteroatoms. The number of phenolic OH excluding ortho intramolecular Hbond substituents is 1. The van der Waals surface area contributed by atoms with Gasteiger partial charge in [-0.15, -0.1) is 0 Å². The number of aliphatic hydroxyl groups excluding tert-OH is 1. The van der Waals surface area contributed by atoms with Gasteiger partial charge in [-0.25, -0.2) is 0 Å². The lowest BCUT2D eigenvalue weighted by molar-refractivity contribution is -0.127. The standard InChI is InChI=1S/C10H13N.C10H12O.C6H6.C4H10O3/c1-2-6-10(7-3-1)11-8-4-5-9-11;11-10-6-5-8-3-1-2-4-9(8)7-10;1-2-4-6-5-3-1;1-6-4(3-5)7-2/h1-3,6-7H,4-5,8-9H2;5-7,11H,1-4H2;1-6H;4-5H,3H2,1-2H3. The Kier molecular flexibility index (Phi) is 14.2. The number of hydrogen-bond acceptors (Lipinski definition) is 5. The number of aryl methyl sites for hydroxylation is 2. The first-order valence-corrected chi connectivity index (χ1v) is 12.4. The summed E-state index contributed by atoms with van der Waals surface area (Å²) in [6, 6.07) is 28.4. The quantitative estimate of drug-likeness (QED) is 0.460. The van der Waals surface area contributed by atoms with Gasteiger partial charge in [0.2, 0.25) is 0 Å². The third-order valence-corrected chi connectivity index (χ3v) is 5.90. The van der Waals surface area contributed by atoms with Gasteiger partial charge in [0.25, 0.3) is 0 Å². The predicted octanol–water partition coefficient (Wildman–Crippen LogP) is 5.84. The van der Waals surface area contributed by atoms with Crippen molar-refractivity contribution in [2.24, 2.45) is 0 Å². The van der Waals surface area contributed by atoms with E-state index in [1.165, 1.54) is 76.2 Å². The van der Waals surface area contributed by atoms with Crippen LogP contribution in [0.3, 0.4) is 0 Å². The van der Waals surface area contributed by atoms with E-state index < -0.39 is 6.29 Å². The van der Waals surface area contributed by atoms with E-state index in [2.05, 4.69) is 44.7 Å². The molecule has 2 N–H and O–H groups in total. The minimum absolute atomic E-state index is 0.0903. The summed E-state index contributed by atoms with van der Waals surface area (Å²) in [5, 5.41) is 17.5. The molecule has 1 saturated heterocycles. The van der Waals surface area contributed by atoms with Crippen molar-refractivity contribution < 1.29 is 19.7 Å². The summed E-state index contributed by atoms with van der Waals surface area (Å²) in [7, 11) is 2.95. The van der Waals surface area contributed by atoms with Crippen LogP contribution in [0.1, 0.15) is 36.8 Å². The van der Waals surface area contributed by atoms with Crippen LogP contribution in [0.25, 0.3) is 0 Å². The van der Waals surface area contributed by atoms with Crippen LogP contribution < -0.4 is 4.90 Å². The number of nitrogens with zero attached hydrogens (tertiary/aromatic N) is 1. The predicted molar refractivity (Wildman–Crippen MR) is 144 cm³/mol. The molecule has 5 nitrogen and oxygen atoms in total. The number of ether oxygens (including phenoxy) is 2. The van der Waals surface area contributed by atoms with Crippen molar-refractivity contribution in [3.8, 4) is 5.75 Å². The lowest BCUT2D eigenvalue weighted by Gasteiger charge is -2.16. The first-order valence-electron chi connectivity index (χ1n) is 12.4. The number of rotatable bonds is 4. The van der Waals surface area contributed by atoms with Crippen molar-refractivity contribution in [3.05, 3.63) is 96.1 Å². The number of benzene rings is 3. The van der Waals surface area contributed by atoms with Crippen molar-refractivity contribution in [1.29, 1.82) is 0 Å². The van der Waals surface area contributed by atoms with Crippen LogP contribution in [0, 0.1) is 0 Å². The second-order valence-electron chi connectivity index (χ2n) is 8.43. The number of methoxy groups -OCH3 is 2. The molecule has 1 heterocycles. The molecule has 1 fully saturated rings. The third-order valence-electron chi connectivity index (χ3n) is 5.90. The topological polar surface area (TPSA) is 62.2 Å². The number of anilines is 1. The second-order valence-corrected chi connectivity index (χ2v) is 8.43. The Morgan fingerprint density at radius 2 is 1.23 bits per heavy atom. The van der Waals surface area contributed by atoms with E-state index in [0.717, 1.165) is 6.42 Å². The maximum Gasteiger partial charge on any atom is 0.179 e. The highest BCUT2D eigenvalue weighted by molar-refractivity contribution is 5.46. The molecule has 1 aliphatic carbocycles. The smallest absolute Gasteiger partial charge is 0.179 e. The lowest BCUT2D eigenvalue weighted by atomic mass is 9.92. The summed E-state index contributed by atoms with van der Waals surface area (Å²) in [5.41, 5.74) is 4.15. The summed E-state index contributed by atoms with van der Waals surface area (Å²) >= 11 is 0. The maximum absolute atomic E-state index is 9.19. The zero-order valence-corrected chi connectivity index (χ0v) is 21.2. The Hall–Kier alpha value is -2.86. The van der Waals surface area contributed by atoms with Gasteiger partial charge in [0, 0.05) is 33.0 Å². The molecule has 1 aliphatic heterocycles. The van der Waals surface area contributed by atoms with Gasteiger partial charge in [-0.2, -0.15) is 0 Å². The van der Waals surface area contributed by atoms with E-state index in [4.69, 9.17) is 5.11 Å². The Balaban J connectivity index is 0.000000171. The zero-order valence-electron chi connectivity index (χ0n) is 21.2. The second kappa shape index (κ2) is 17.6. The maximum atomic E-state index is 9.19. The summed E-state index contributed by atoms with van der Waals surface area (Å²) in [4.78, 5) is 2.44. The summed E-state index contributed by atoms with van der Waals surface area (Å²) in [6.45, 7) is 2.39. The van der Waals surface area contributed by atoms with Gasteiger partial charge in [-0.05, 0) is 73.9 Å². The van der Waals surface area contributed by atoms with Crippen molar-refractivity contribution in [1.82, 2.24) is 0 Å². The number of fused-ring (bicyclic) bond motifs is 1. The molecule has 0 spiro atoms. The molecule has 3 aromatic carbocycles. The van der Waals surface area contributed by atoms with Gasteiger partial charge < -0.3 is 24.6 Å². The van der Waals surface area contributed by atoms with E-state index in [9.17, 15) is 5.11 Å². The number of para-hydroxylation sites is 1. The molecule has 5 rings (SSSR count). The fourth-order valence-electron chi connectivity index (χ4n) is 3.96. The molecule has 3 aromatic rings. The van der Waals surface area contributed by atoms with Crippen LogP contribution in [0.5, 0.6) is 5.75 Å². The lowest BCUT2D eigenvalue weighted by Crippen LogP contribution is -2.16. The summed E-state index contributed by atoms with van der Waals surface area (Å²) in [5.74, 6) is 0.408. The normalized spacial score (nSPS) is 13.9. The molecule has 35 heavy (non-hydrogen) atoms. The van der Waals surface area contributed by atoms with Crippen LogP contribution in [-0.4, -0.2) is 50.4 Å². The average Bonchev–Trinajstić information content (AvgIpc) is 3.48. The number of hydrogen-bond donors (Lipinski definition) is 2. The summed E-state index contributed by atoms with van der Waals surface area (Å²) < 4.78 is 9.15. The van der Waals surface area contributed by atoms with E-state index in [1.807, 2.05) is 48.5 Å². The van der Waals surface area contributed by atoms with Crippen LogP contribution in [-0.2, 0) is 22.3 Å². The van der Waals surface area contributed by atoms with Gasteiger partial charge in [0.15, 0.2) is 6.29 Å². The fraction of sp³-hybridized carbons (Fsp3) is 0.400. The molecular formula is C30H41NO4. The van der Waals surface area contributed by atoms with Crippen molar-refractivity contribution in [2.75, 3.05) is 38.8 Å². The minimum atomic E-state index is -0.458. The molecule has 190 valence electrons. The molecule has 2 aliphatic rings. The van der Waals surface area contributed by atoms with Crippen LogP contribution in [0.2, 0.25) is 0 Å². The molecule has 0 atom stereocenters. The molecule has 0 aromatic heterocycles. The number of aliphatic hydroxyl groups is 1. The van der Waals surface area contributed by atoms with Crippen LogP contribution in [0.15, 0.2) is 84.9 Å². The van der Waals surface area contributed by atoms with Gasteiger partial charge in [-0.3, -0.25) is 0 Å². The van der Waals surface area contributed by atoms with Crippen molar-refractivity contribution >= 4 is 5.69 Å². The van der Waals surface area contributed by atoms with Crippen molar-refractivity contribution in [2.45, 2.75) is 44.8 Å². The van der Waals surface area contributed by atoms with Gasteiger partial charge in [-0.1, -0.05) is 60.7 Å². The van der Waals surface area contributed by atoms with Crippen LogP contribution >= 0.6 is 0 Å². The first-order chi connectivity index (χ1) is 17.2. The molecule has 0 radical (unpaired) electrons. The number of phenols is 1. The molecule has 0 unspecified atom stereocenters. The molecule has 0 amide bonds. The summed E-state index contributed by atoms with van der Waals surface area (Å²) in [6.07, 6.45) is 7.16. The molecule has 0 saturated carbocycles. The SMILES string of the molecule is COC(CO)OC.Oc1ccc2c(c1)CCCC2.c1ccc(N2CCCC2)cc1.c1ccccc1. The highest BCUT2D eigenvalue weighted by atomic mass is 16.7. The van der Waals surface area contributed by atoms with E-state index in [-0.39, 0.29) is 6.61 Å². The highest BCUT2D eigenvalue weighted by Crippen LogP contribution is 2.24. The zero-order chi connectivity index (χ0) is 25.1. The van der Waals surface area contributed by atoms with Gasteiger partial charge in [0.05, 0.1) is 6.61 Å². The van der Waals surface area contributed by atoms with E-state index in [1.54, 1.807) is 6.07 Å².